The number of alkyl carbamates (subject to hydrolysis) is 1. The van der Waals surface area contributed by atoms with Crippen molar-refractivity contribution in [1.82, 2.24) is 15.2 Å². The van der Waals surface area contributed by atoms with Crippen LogP contribution in [0, 0.1) is 0 Å². The molecule has 3 N–H and O–H groups in total. The number of hydrogen-bond donors (Lipinski definition) is 3. The summed E-state index contributed by atoms with van der Waals surface area (Å²) in [6, 6.07) is 15.0. The van der Waals surface area contributed by atoms with Gasteiger partial charge in [0.05, 0.1) is 0 Å². The Balaban J connectivity index is 1.60. The first-order valence-electron chi connectivity index (χ1n) is 9.09. The number of aromatic nitrogens is 1. The molecule has 9 heteroatoms. The summed E-state index contributed by atoms with van der Waals surface area (Å²) in [5, 5.41) is 15.0. The number of carboxylic acids is 1. The number of carboxylic acid groups (broad SMARTS) is 1. The van der Waals surface area contributed by atoms with Crippen LogP contribution in [0.15, 0.2) is 59.1 Å². The highest BCUT2D eigenvalue weighted by atomic mass is 79.9. The minimum Gasteiger partial charge on any atom is -0.480 e. The van der Waals surface area contributed by atoms with Gasteiger partial charge in [-0.2, -0.15) is 0 Å². The van der Waals surface area contributed by atoms with Crippen molar-refractivity contribution in [2.75, 3.05) is 6.54 Å². The van der Waals surface area contributed by atoms with Crippen LogP contribution in [0.4, 0.5) is 4.79 Å². The van der Waals surface area contributed by atoms with E-state index in [4.69, 9.17) is 4.74 Å². The topological polar surface area (TPSA) is 110 Å². The van der Waals surface area contributed by atoms with Gasteiger partial charge >= 0.3 is 12.1 Å². The molecule has 0 radical (unpaired) electrons. The molecule has 0 bridgehead atoms. The number of hydrogen-bond acceptors (Lipinski definition) is 4. The Morgan fingerprint density at radius 3 is 2.53 bits per heavy atom. The zero-order valence-corrected chi connectivity index (χ0v) is 17.7. The van der Waals surface area contributed by atoms with Gasteiger partial charge in [-0.15, -0.1) is 0 Å². The maximum atomic E-state index is 12.6. The number of nitrogens with zero attached hydrogens (tertiary/aromatic N) is 1. The van der Waals surface area contributed by atoms with Gasteiger partial charge < -0.3 is 25.0 Å². The number of carbonyl (C=O) groups excluding carboxylic acids is 2. The summed E-state index contributed by atoms with van der Waals surface area (Å²) in [6.07, 6.45) is -0.881. The number of nitrogens with one attached hydrogen (secondary N) is 2. The molecule has 0 spiro atoms. The van der Waals surface area contributed by atoms with Gasteiger partial charge in [0, 0.05) is 29.0 Å². The number of ether oxygens (including phenoxy) is 1. The molecular weight excluding hydrogens is 454 g/mol. The van der Waals surface area contributed by atoms with Crippen LogP contribution < -0.4 is 10.6 Å². The second kappa shape index (κ2) is 9.45. The molecule has 0 saturated heterocycles. The summed E-state index contributed by atoms with van der Waals surface area (Å²) in [5.74, 6) is -1.74. The van der Waals surface area contributed by atoms with Crippen LogP contribution in [0.3, 0.4) is 0 Å². The smallest absolute Gasteiger partial charge is 0.408 e. The third kappa shape index (κ3) is 4.98. The number of benzene rings is 2. The molecule has 0 fully saturated rings. The summed E-state index contributed by atoms with van der Waals surface area (Å²) >= 11 is 3.45. The van der Waals surface area contributed by atoms with E-state index in [1.54, 1.807) is 41.9 Å². The fourth-order valence-corrected chi connectivity index (χ4v) is 3.40. The molecule has 1 atom stereocenters. The normalized spacial score (nSPS) is 11.7. The Labute approximate surface area is 181 Å². The van der Waals surface area contributed by atoms with E-state index in [0.29, 0.717) is 5.69 Å². The quantitative estimate of drug-likeness (QED) is 0.488. The minimum atomic E-state index is -1.33. The summed E-state index contributed by atoms with van der Waals surface area (Å²) in [7, 11) is 1.75. The van der Waals surface area contributed by atoms with Crippen molar-refractivity contribution in [3.05, 3.63) is 70.3 Å². The zero-order chi connectivity index (χ0) is 21.7. The molecule has 0 aliphatic carbocycles. The third-order valence-corrected chi connectivity index (χ3v) is 5.23. The van der Waals surface area contributed by atoms with E-state index < -0.39 is 24.0 Å². The summed E-state index contributed by atoms with van der Waals surface area (Å²) in [5.41, 5.74) is 1.99. The second-order valence-electron chi connectivity index (χ2n) is 6.57. The lowest BCUT2D eigenvalue weighted by Gasteiger charge is -2.15. The summed E-state index contributed by atoms with van der Waals surface area (Å²) in [6.45, 7) is -0.284. The van der Waals surface area contributed by atoms with E-state index in [9.17, 15) is 19.5 Å². The molecule has 0 saturated carbocycles. The van der Waals surface area contributed by atoms with Crippen LogP contribution in [0.5, 0.6) is 0 Å². The number of fused-ring (bicyclic) bond motifs is 1. The number of amides is 2. The molecule has 1 heterocycles. The number of carbonyl (C=O) groups is 3. The van der Waals surface area contributed by atoms with Gasteiger partial charge in [-0.3, -0.25) is 4.79 Å². The van der Waals surface area contributed by atoms with Crippen molar-refractivity contribution in [3.63, 3.8) is 0 Å². The minimum absolute atomic E-state index is 0.0101. The lowest BCUT2D eigenvalue weighted by Crippen LogP contribution is -2.48. The predicted molar refractivity (Wildman–Crippen MR) is 114 cm³/mol. The molecule has 0 aliphatic heterocycles. The molecule has 0 aliphatic rings. The van der Waals surface area contributed by atoms with E-state index in [2.05, 4.69) is 26.6 Å². The largest absolute Gasteiger partial charge is 0.480 e. The van der Waals surface area contributed by atoms with E-state index >= 15 is 0 Å². The van der Waals surface area contributed by atoms with Crippen molar-refractivity contribution in [2.45, 2.75) is 12.6 Å². The van der Waals surface area contributed by atoms with Crippen molar-refractivity contribution < 1.29 is 24.2 Å². The van der Waals surface area contributed by atoms with E-state index in [0.717, 1.165) is 20.9 Å². The van der Waals surface area contributed by atoms with Crippen molar-refractivity contribution >= 4 is 44.8 Å². The van der Waals surface area contributed by atoms with Gasteiger partial charge in [0.2, 0.25) is 0 Å². The first-order valence-corrected chi connectivity index (χ1v) is 9.88. The average Bonchev–Trinajstić information content (AvgIpc) is 3.08. The Kier molecular flexibility index (Phi) is 6.73. The van der Waals surface area contributed by atoms with E-state index in [1.807, 2.05) is 24.3 Å². The first-order chi connectivity index (χ1) is 14.4. The van der Waals surface area contributed by atoms with E-state index in [-0.39, 0.29) is 13.2 Å². The monoisotopic (exact) mass is 473 g/mol. The molecule has 1 unspecified atom stereocenters. The van der Waals surface area contributed by atoms with Crippen molar-refractivity contribution in [2.24, 2.45) is 7.05 Å². The summed E-state index contributed by atoms with van der Waals surface area (Å²) in [4.78, 5) is 36.0. The Hall–Kier alpha value is -3.33. The molecule has 30 heavy (non-hydrogen) atoms. The second-order valence-corrected chi connectivity index (χ2v) is 7.42. The molecule has 8 nitrogen and oxygen atoms in total. The molecule has 156 valence electrons. The maximum Gasteiger partial charge on any atom is 0.408 e. The van der Waals surface area contributed by atoms with Crippen LogP contribution in [0.2, 0.25) is 0 Å². The van der Waals surface area contributed by atoms with Gasteiger partial charge in [0.25, 0.3) is 5.91 Å². The third-order valence-electron chi connectivity index (χ3n) is 4.54. The average molecular weight is 474 g/mol. The van der Waals surface area contributed by atoms with Crippen molar-refractivity contribution in [1.29, 1.82) is 0 Å². The van der Waals surface area contributed by atoms with Gasteiger partial charge in [0.15, 0.2) is 0 Å². The highest BCUT2D eigenvalue weighted by molar-refractivity contribution is 9.10. The van der Waals surface area contributed by atoms with Crippen LogP contribution in [-0.2, 0) is 23.2 Å². The highest BCUT2D eigenvalue weighted by Gasteiger charge is 2.23. The van der Waals surface area contributed by atoms with Gasteiger partial charge in [0.1, 0.15) is 18.3 Å². The first kappa shape index (κ1) is 21.4. The number of aryl methyl sites for hydroxylation is 1. The molecule has 3 aromatic rings. The fraction of sp³-hybridized carbons (Fsp3) is 0.190. The summed E-state index contributed by atoms with van der Waals surface area (Å²) < 4.78 is 7.60. The Bertz CT molecular complexity index is 1080. The SMILES string of the molecule is Cn1c(C(=O)NCC(NC(=O)OCc2ccccc2)C(=O)O)cc2c(Br)cccc21. The lowest BCUT2D eigenvalue weighted by molar-refractivity contribution is -0.139. The maximum absolute atomic E-state index is 12.6. The van der Waals surface area contributed by atoms with Gasteiger partial charge in [-0.25, -0.2) is 9.59 Å². The number of rotatable bonds is 7. The van der Waals surface area contributed by atoms with E-state index in [1.165, 1.54) is 0 Å². The van der Waals surface area contributed by atoms with Gasteiger partial charge in [-0.1, -0.05) is 52.3 Å². The molecule has 2 amide bonds. The molecule has 3 rings (SSSR count). The highest BCUT2D eigenvalue weighted by Crippen LogP contribution is 2.26. The van der Waals surface area contributed by atoms with Crippen LogP contribution in [-0.4, -0.2) is 40.2 Å². The van der Waals surface area contributed by atoms with Crippen LogP contribution in [0.1, 0.15) is 16.1 Å². The van der Waals surface area contributed by atoms with Crippen LogP contribution in [0.25, 0.3) is 10.9 Å². The number of aliphatic carboxylic acids is 1. The number of halogens is 1. The lowest BCUT2D eigenvalue weighted by atomic mass is 10.2. The van der Waals surface area contributed by atoms with Gasteiger partial charge in [-0.05, 0) is 23.8 Å². The zero-order valence-electron chi connectivity index (χ0n) is 16.1. The van der Waals surface area contributed by atoms with Crippen molar-refractivity contribution in [3.8, 4) is 0 Å². The molecule has 1 aromatic heterocycles. The van der Waals surface area contributed by atoms with Crippen LogP contribution >= 0.6 is 15.9 Å². The standard InChI is InChI=1S/C21H20BrN3O5/c1-25-17-9-5-8-15(22)14(17)10-18(25)19(26)23-11-16(20(27)28)24-21(29)30-12-13-6-3-2-4-7-13/h2-10,16H,11-12H2,1H3,(H,23,26)(H,24,29)(H,27,28). The molecular formula is C21H20BrN3O5. The Morgan fingerprint density at radius 1 is 1.13 bits per heavy atom. The molecule has 2 aromatic carbocycles. The predicted octanol–water partition coefficient (Wildman–Crippen LogP) is 3.05. The fourth-order valence-electron chi connectivity index (χ4n) is 2.93. The Morgan fingerprint density at radius 2 is 1.87 bits per heavy atom.